The molecule has 5 heteroatoms. The monoisotopic (exact) mass is 344 g/mol. The highest BCUT2D eigenvalue weighted by Crippen LogP contribution is 2.22. The Labute approximate surface area is 152 Å². The van der Waals surface area contributed by atoms with Gasteiger partial charge in [-0.2, -0.15) is 5.26 Å². The van der Waals surface area contributed by atoms with Crippen molar-refractivity contribution in [1.29, 1.82) is 5.26 Å². The number of hydrogen-bond acceptors (Lipinski definition) is 4. The molecule has 2 heterocycles. The lowest BCUT2D eigenvalue weighted by Gasteiger charge is -2.28. The highest BCUT2D eigenvalue weighted by molar-refractivity contribution is 5.90. The van der Waals surface area contributed by atoms with E-state index in [1.807, 2.05) is 43.3 Å². The van der Waals surface area contributed by atoms with Gasteiger partial charge in [0.15, 0.2) is 0 Å². The minimum atomic E-state index is 0.526. The lowest BCUT2D eigenvalue weighted by molar-refractivity contribution is 0.122. The van der Waals surface area contributed by atoms with Crippen LogP contribution in [0.4, 0.5) is 5.69 Å². The molecule has 1 fully saturated rings. The van der Waals surface area contributed by atoms with Crippen LogP contribution in [-0.2, 0) is 4.74 Å². The molecule has 2 aromatic carbocycles. The fourth-order valence-electron chi connectivity index (χ4n) is 3.17. The molecule has 0 spiro atoms. The number of morpholine rings is 1. The number of hydrogen-bond donors (Lipinski definition) is 1. The number of nitrogens with one attached hydrogen (secondary N) is 1. The van der Waals surface area contributed by atoms with E-state index in [2.05, 4.69) is 33.1 Å². The molecule has 4 rings (SSSR count). The zero-order valence-corrected chi connectivity index (χ0v) is 14.7. The van der Waals surface area contributed by atoms with Crippen molar-refractivity contribution in [2.24, 2.45) is 0 Å². The number of H-pyrrole nitrogens is 1. The van der Waals surface area contributed by atoms with Crippen LogP contribution in [-0.4, -0.2) is 36.3 Å². The van der Waals surface area contributed by atoms with Crippen LogP contribution in [0, 0.1) is 18.3 Å². The Hall–Kier alpha value is -3.10. The second kappa shape index (κ2) is 7.03. The summed E-state index contributed by atoms with van der Waals surface area (Å²) in [5, 5.41) is 9.58. The quantitative estimate of drug-likeness (QED) is 0.735. The molecule has 0 radical (unpaired) electrons. The van der Waals surface area contributed by atoms with Gasteiger partial charge < -0.3 is 14.6 Å². The van der Waals surface area contributed by atoms with Crippen molar-refractivity contribution in [2.45, 2.75) is 6.92 Å². The Morgan fingerprint density at radius 3 is 2.69 bits per heavy atom. The van der Waals surface area contributed by atoms with Crippen LogP contribution in [0.3, 0.4) is 0 Å². The molecule has 0 amide bonds. The Bertz CT molecular complexity index is 989. The number of aromatic nitrogens is 2. The van der Waals surface area contributed by atoms with E-state index >= 15 is 0 Å². The van der Waals surface area contributed by atoms with Crippen molar-refractivity contribution in [2.75, 3.05) is 31.2 Å². The maximum Gasteiger partial charge on any atom is 0.149 e. The molecule has 0 atom stereocenters. The molecular weight excluding hydrogens is 324 g/mol. The summed E-state index contributed by atoms with van der Waals surface area (Å²) in [5.41, 5.74) is 5.67. The van der Waals surface area contributed by atoms with Crippen molar-refractivity contribution in [3.63, 3.8) is 0 Å². The maximum atomic E-state index is 9.58. The van der Waals surface area contributed by atoms with E-state index in [4.69, 9.17) is 4.74 Å². The van der Waals surface area contributed by atoms with Gasteiger partial charge in [-0.1, -0.05) is 18.2 Å². The molecule has 0 bridgehead atoms. The van der Waals surface area contributed by atoms with Crippen molar-refractivity contribution in [1.82, 2.24) is 9.97 Å². The maximum absolute atomic E-state index is 9.58. The molecule has 1 aromatic heterocycles. The van der Waals surface area contributed by atoms with Gasteiger partial charge in [-0.15, -0.1) is 0 Å². The van der Waals surface area contributed by atoms with Gasteiger partial charge in [0.1, 0.15) is 11.9 Å². The third kappa shape index (κ3) is 3.32. The molecule has 26 heavy (non-hydrogen) atoms. The highest BCUT2D eigenvalue weighted by atomic mass is 16.5. The van der Waals surface area contributed by atoms with E-state index in [9.17, 15) is 5.26 Å². The standard InChI is InChI=1S/C21H20N4O/c1-15-2-7-19-20(12-15)24-21(23-19)17(14-22)13-16-3-5-18(6-4-16)25-8-10-26-11-9-25/h2-7,12-13H,8-11H2,1H3,(H,23,24)/b17-13-. The second-order valence-corrected chi connectivity index (χ2v) is 6.47. The highest BCUT2D eigenvalue weighted by Gasteiger charge is 2.11. The largest absolute Gasteiger partial charge is 0.378 e. The molecule has 1 saturated heterocycles. The van der Waals surface area contributed by atoms with E-state index in [0.29, 0.717) is 11.4 Å². The summed E-state index contributed by atoms with van der Waals surface area (Å²) in [6.07, 6.45) is 1.87. The zero-order valence-electron chi connectivity index (χ0n) is 14.7. The fraction of sp³-hybridized carbons (Fsp3) is 0.238. The zero-order chi connectivity index (χ0) is 17.9. The molecule has 5 nitrogen and oxygen atoms in total. The predicted molar refractivity (Wildman–Crippen MR) is 104 cm³/mol. The normalized spacial score (nSPS) is 15.2. The molecule has 0 aliphatic carbocycles. The van der Waals surface area contributed by atoms with Crippen LogP contribution in [0.15, 0.2) is 42.5 Å². The van der Waals surface area contributed by atoms with Gasteiger partial charge in [0.05, 0.1) is 29.8 Å². The van der Waals surface area contributed by atoms with Crippen molar-refractivity contribution in [3.05, 3.63) is 59.4 Å². The number of nitriles is 1. The smallest absolute Gasteiger partial charge is 0.149 e. The van der Waals surface area contributed by atoms with Crippen LogP contribution in [0.25, 0.3) is 22.7 Å². The van der Waals surface area contributed by atoms with E-state index in [0.717, 1.165) is 48.5 Å². The minimum Gasteiger partial charge on any atom is -0.378 e. The number of benzene rings is 2. The van der Waals surface area contributed by atoms with Gasteiger partial charge in [-0.25, -0.2) is 4.98 Å². The predicted octanol–water partition coefficient (Wildman–Crippen LogP) is 3.77. The molecule has 1 aliphatic rings. The first-order chi connectivity index (χ1) is 12.7. The summed E-state index contributed by atoms with van der Waals surface area (Å²) in [7, 11) is 0. The van der Waals surface area contributed by atoms with Gasteiger partial charge in [0, 0.05) is 18.8 Å². The van der Waals surface area contributed by atoms with E-state index in [1.165, 1.54) is 5.69 Å². The lowest BCUT2D eigenvalue weighted by Crippen LogP contribution is -2.36. The van der Waals surface area contributed by atoms with Crippen LogP contribution in [0.5, 0.6) is 0 Å². The lowest BCUT2D eigenvalue weighted by atomic mass is 10.1. The summed E-state index contributed by atoms with van der Waals surface area (Å²) < 4.78 is 5.40. The number of imidazole rings is 1. The van der Waals surface area contributed by atoms with E-state index in [1.54, 1.807) is 0 Å². The first-order valence-electron chi connectivity index (χ1n) is 8.74. The number of fused-ring (bicyclic) bond motifs is 1. The summed E-state index contributed by atoms with van der Waals surface area (Å²) in [5.74, 6) is 0.602. The number of allylic oxidation sites excluding steroid dienone is 1. The van der Waals surface area contributed by atoms with Crippen LogP contribution in [0.2, 0.25) is 0 Å². The molecule has 0 saturated carbocycles. The summed E-state index contributed by atoms with van der Waals surface area (Å²) in [6, 6.07) is 16.5. The van der Waals surface area contributed by atoms with Crippen molar-refractivity contribution >= 4 is 28.4 Å². The second-order valence-electron chi connectivity index (χ2n) is 6.47. The topological polar surface area (TPSA) is 64.9 Å². The van der Waals surface area contributed by atoms with Crippen molar-refractivity contribution < 1.29 is 4.74 Å². The molecule has 130 valence electrons. The molecule has 1 aliphatic heterocycles. The summed E-state index contributed by atoms with van der Waals surface area (Å²) in [4.78, 5) is 10.1. The van der Waals surface area contributed by atoms with Gasteiger partial charge in [0.2, 0.25) is 0 Å². The SMILES string of the molecule is Cc1ccc2nc(/C(C#N)=C\c3ccc(N4CCOCC4)cc3)[nH]c2c1. The van der Waals surface area contributed by atoms with Crippen LogP contribution in [0.1, 0.15) is 17.0 Å². The first kappa shape index (κ1) is 16.4. The fourth-order valence-corrected chi connectivity index (χ4v) is 3.17. The third-order valence-corrected chi connectivity index (χ3v) is 4.59. The first-order valence-corrected chi connectivity index (χ1v) is 8.74. The Morgan fingerprint density at radius 1 is 1.19 bits per heavy atom. The van der Waals surface area contributed by atoms with Gasteiger partial charge >= 0.3 is 0 Å². The molecule has 1 N–H and O–H groups in total. The van der Waals surface area contributed by atoms with Gasteiger partial charge in [-0.3, -0.25) is 0 Å². The van der Waals surface area contributed by atoms with Crippen molar-refractivity contribution in [3.8, 4) is 6.07 Å². The average Bonchev–Trinajstić information content (AvgIpc) is 3.10. The molecule has 0 unspecified atom stereocenters. The molecule has 3 aromatic rings. The Balaban J connectivity index is 1.61. The van der Waals surface area contributed by atoms with E-state index < -0.39 is 0 Å². The number of aryl methyl sites for hydroxylation is 1. The summed E-state index contributed by atoms with van der Waals surface area (Å²) >= 11 is 0. The van der Waals surface area contributed by atoms with Gasteiger partial charge in [-0.05, 0) is 48.4 Å². The molecular formula is C21H20N4O. The summed E-state index contributed by atoms with van der Waals surface area (Å²) in [6.45, 7) is 5.41. The van der Waals surface area contributed by atoms with Crippen LogP contribution < -0.4 is 4.90 Å². The Morgan fingerprint density at radius 2 is 1.96 bits per heavy atom. The number of rotatable bonds is 3. The third-order valence-electron chi connectivity index (χ3n) is 4.59. The minimum absolute atomic E-state index is 0.526. The number of anilines is 1. The number of nitrogens with zero attached hydrogens (tertiary/aromatic N) is 3. The number of ether oxygens (including phenoxy) is 1. The average molecular weight is 344 g/mol. The van der Waals surface area contributed by atoms with Crippen LogP contribution >= 0.6 is 0 Å². The van der Waals surface area contributed by atoms with Gasteiger partial charge in [0.25, 0.3) is 0 Å². The number of aromatic amines is 1. The van der Waals surface area contributed by atoms with E-state index in [-0.39, 0.29) is 0 Å². The Kier molecular flexibility index (Phi) is 4.42.